The highest BCUT2D eigenvalue weighted by atomic mass is 16.5. The van der Waals surface area contributed by atoms with E-state index in [2.05, 4.69) is 30.9 Å². The molecule has 0 N–H and O–H groups in total. The normalized spacial score (nSPS) is 14.8. The summed E-state index contributed by atoms with van der Waals surface area (Å²) in [5.41, 5.74) is 3.14. The second kappa shape index (κ2) is 8.03. The highest BCUT2D eigenvalue weighted by Crippen LogP contribution is 2.25. The topological polar surface area (TPSA) is 26.3 Å². The SMILES string of the molecule is CC(=O)CC(C)c1ccc(C#Cc2ccc(OC3CCC3)cc2)cc1. The van der Waals surface area contributed by atoms with Crippen LogP contribution >= 0.6 is 0 Å². The zero-order chi connectivity index (χ0) is 17.6. The van der Waals surface area contributed by atoms with Crippen LogP contribution in [0, 0.1) is 11.8 Å². The van der Waals surface area contributed by atoms with Crippen LogP contribution in [0.4, 0.5) is 0 Å². The van der Waals surface area contributed by atoms with Gasteiger partial charge in [-0.25, -0.2) is 0 Å². The van der Waals surface area contributed by atoms with Gasteiger partial charge in [0.15, 0.2) is 0 Å². The van der Waals surface area contributed by atoms with Gasteiger partial charge in [0.25, 0.3) is 0 Å². The number of benzene rings is 2. The summed E-state index contributed by atoms with van der Waals surface area (Å²) >= 11 is 0. The Morgan fingerprint density at radius 1 is 1.04 bits per heavy atom. The number of carbonyl (C=O) groups is 1. The summed E-state index contributed by atoms with van der Waals surface area (Å²) in [7, 11) is 0. The highest BCUT2D eigenvalue weighted by molar-refractivity contribution is 5.76. The first-order valence-electron chi connectivity index (χ1n) is 8.98. The number of ether oxygens (including phenoxy) is 1. The minimum Gasteiger partial charge on any atom is -0.490 e. The van der Waals surface area contributed by atoms with E-state index >= 15 is 0 Å². The maximum absolute atomic E-state index is 11.2. The first kappa shape index (κ1) is 17.3. The predicted molar refractivity (Wildman–Crippen MR) is 101 cm³/mol. The van der Waals surface area contributed by atoms with Crippen LogP contribution in [0.2, 0.25) is 0 Å². The molecule has 0 radical (unpaired) electrons. The smallest absolute Gasteiger partial charge is 0.130 e. The fourth-order valence-corrected chi connectivity index (χ4v) is 2.89. The molecule has 1 aliphatic carbocycles. The van der Waals surface area contributed by atoms with Crippen LogP contribution in [0.5, 0.6) is 5.75 Å². The molecule has 0 aromatic heterocycles. The summed E-state index contributed by atoms with van der Waals surface area (Å²) in [5, 5.41) is 0. The van der Waals surface area contributed by atoms with E-state index in [-0.39, 0.29) is 11.7 Å². The van der Waals surface area contributed by atoms with Gasteiger partial charge < -0.3 is 9.53 Å². The van der Waals surface area contributed by atoms with Crippen LogP contribution in [0.1, 0.15) is 62.1 Å². The van der Waals surface area contributed by atoms with Gasteiger partial charge in [-0.15, -0.1) is 0 Å². The van der Waals surface area contributed by atoms with E-state index in [9.17, 15) is 4.79 Å². The van der Waals surface area contributed by atoms with Crippen LogP contribution in [0.25, 0.3) is 0 Å². The first-order chi connectivity index (χ1) is 12.1. The molecule has 1 fully saturated rings. The molecular formula is C23H24O2. The fourth-order valence-electron chi connectivity index (χ4n) is 2.89. The lowest BCUT2D eigenvalue weighted by Crippen LogP contribution is -2.24. The average molecular weight is 332 g/mol. The highest BCUT2D eigenvalue weighted by Gasteiger charge is 2.18. The lowest BCUT2D eigenvalue weighted by atomic mass is 9.95. The Balaban J connectivity index is 1.61. The molecule has 2 aromatic rings. The van der Waals surface area contributed by atoms with E-state index in [1.54, 1.807) is 6.92 Å². The van der Waals surface area contributed by atoms with Crippen LogP contribution in [0.15, 0.2) is 48.5 Å². The van der Waals surface area contributed by atoms with E-state index in [0.29, 0.717) is 12.5 Å². The molecule has 1 unspecified atom stereocenters. The maximum atomic E-state index is 11.2. The molecule has 2 aromatic carbocycles. The molecule has 25 heavy (non-hydrogen) atoms. The third-order valence-electron chi connectivity index (χ3n) is 4.63. The van der Waals surface area contributed by atoms with Crippen molar-refractivity contribution >= 4 is 5.78 Å². The third kappa shape index (κ3) is 4.97. The Kier molecular flexibility index (Phi) is 5.56. The molecule has 1 atom stereocenters. The Labute approximate surface area is 150 Å². The van der Waals surface area contributed by atoms with E-state index in [1.165, 1.54) is 24.8 Å². The van der Waals surface area contributed by atoms with Crippen molar-refractivity contribution in [2.45, 2.75) is 51.6 Å². The van der Waals surface area contributed by atoms with Gasteiger partial charge in [-0.3, -0.25) is 0 Å². The summed E-state index contributed by atoms with van der Waals surface area (Å²) < 4.78 is 5.86. The molecule has 128 valence electrons. The van der Waals surface area contributed by atoms with Crippen molar-refractivity contribution in [2.75, 3.05) is 0 Å². The minimum atomic E-state index is 0.223. The quantitative estimate of drug-likeness (QED) is 0.712. The van der Waals surface area contributed by atoms with Crippen molar-refractivity contribution in [3.05, 3.63) is 65.2 Å². The molecule has 0 heterocycles. The van der Waals surface area contributed by atoms with Gasteiger partial charge in [0.05, 0.1) is 6.10 Å². The van der Waals surface area contributed by atoms with E-state index in [1.807, 2.05) is 36.4 Å². The molecule has 3 rings (SSSR count). The standard InChI is InChI=1S/C23H24O2/c1-17(16-18(2)24)21-12-8-19(9-13-21)6-7-20-10-14-23(15-11-20)25-22-4-3-5-22/h8-15,17,22H,3-5,16H2,1-2H3. The van der Waals surface area contributed by atoms with Gasteiger partial charge in [0.1, 0.15) is 11.5 Å². The van der Waals surface area contributed by atoms with Crippen molar-refractivity contribution in [1.29, 1.82) is 0 Å². The molecule has 1 aliphatic rings. The monoisotopic (exact) mass is 332 g/mol. The zero-order valence-electron chi connectivity index (χ0n) is 14.9. The van der Waals surface area contributed by atoms with Crippen molar-refractivity contribution in [3.8, 4) is 17.6 Å². The summed E-state index contributed by atoms with van der Waals surface area (Å²) in [6.45, 7) is 3.72. The fraction of sp³-hybridized carbons (Fsp3) is 0.348. The number of rotatable bonds is 5. The van der Waals surface area contributed by atoms with Gasteiger partial charge in [0, 0.05) is 17.5 Å². The largest absolute Gasteiger partial charge is 0.490 e. The van der Waals surface area contributed by atoms with Gasteiger partial charge in [0.2, 0.25) is 0 Å². The van der Waals surface area contributed by atoms with Crippen molar-refractivity contribution in [1.82, 2.24) is 0 Å². The molecule has 2 heteroatoms. The van der Waals surface area contributed by atoms with Gasteiger partial charge in [-0.05, 0) is 74.1 Å². The van der Waals surface area contributed by atoms with Crippen molar-refractivity contribution in [3.63, 3.8) is 0 Å². The first-order valence-corrected chi connectivity index (χ1v) is 8.98. The molecule has 1 saturated carbocycles. The summed E-state index contributed by atoms with van der Waals surface area (Å²) in [6, 6.07) is 16.2. The molecule has 0 saturated heterocycles. The maximum Gasteiger partial charge on any atom is 0.130 e. The van der Waals surface area contributed by atoms with E-state index in [4.69, 9.17) is 4.74 Å². The second-order valence-corrected chi connectivity index (χ2v) is 6.87. The number of Topliss-reactive ketones (excluding diaryl/α,β-unsaturated/α-hetero) is 1. The summed E-state index contributed by atoms with van der Waals surface area (Å²) in [5.74, 6) is 7.79. The number of hydrogen-bond acceptors (Lipinski definition) is 2. The third-order valence-corrected chi connectivity index (χ3v) is 4.63. The number of carbonyl (C=O) groups excluding carboxylic acids is 1. The predicted octanol–water partition coefficient (Wildman–Crippen LogP) is 5.10. The van der Waals surface area contributed by atoms with Gasteiger partial charge in [-0.2, -0.15) is 0 Å². The molecule has 0 bridgehead atoms. The van der Waals surface area contributed by atoms with Crippen LogP contribution in [-0.4, -0.2) is 11.9 Å². The Bertz CT molecular complexity index is 772. The van der Waals surface area contributed by atoms with Crippen LogP contribution in [0.3, 0.4) is 0 Å². The van der Waals surface area contributed by atoms with E-state index in [0.717, 1.165) is 16.9 Å². The van der Waals surface area contributed by atoms with Crippen molar-refractivity contribution in [2.24, 2.45) is 0 Å². The zero-order valence-corrected chi connectivity index (χ0v) is 14.9. The van der Waals surface area contributed by atoms with Crippen LogP contribution in [-0.2, 0) is 4.79 Å². The molecule has 0 amide bonds. The Morgan fingerprint density at radius 2 is 1.60 bits per heavy atom. The lowest BCUT2D eigenvalue weighted by Gasteiger charge is -2.26. The average Bonchev–Trinajstić information content (AvgIpc) is 2.57. The molecule has 0 spiro atoms. The van der Waals surface area contributed by atoms with Gasteiger partial charge in [-0.1, -0.05) is 30.9 Å². The lowest BCUT2D eigenvalue weighted by molar-refractivity contribution is -0.117. The number of ketones is 1. The molecule has 2 nitrogen and oxygen atoms in total. The van der Waals surface area contributed by atoms with Crippen molar-refractivity contribution < 1.29 is 9.53 Å². The van der Waals surface area contributed by atoms with E-state index < -0.39 is 0 Å². The minimum absolute atomic E-state index is 0.223. The second-order valence-electron chi connectivity index (χ2n) is 6.87. The molecular weight excluding hydrogens is 308 g/mol. The Morgan fingerprint density at radius 3 is 2.08 bits per heavy atom. The van der Waals surface area contributed by atoms with Gasteiger partial charge >= 0.3 is 0 Å². The molecule has 0 aliphatic heterocycles. The number of hydrogen-bond donors (Lipinski definition) is 0. The summed E-state index contributed by atoms with van der Waals surface area (Å²) in [6.07, 6.45) is 4.60. The summed E-state index contributed by atoms with van der Waals surface area (Å²) in [4.78, 5) is 11.2. The van der Waals surface area contributed by atoms with Crippen LogP contribution < -0.4 is 4.74 Å². The Hall–Kier alpha value is -2.53.